The number of hydrogen-bond acceptors (Lipinski definition) is 8. The molecule has 36 heavy (non-hydrogen) atoms. The summed E-state index contributed by atoms with van der Waals surface area (Å²) in [5, 5.41) is 12.7. The summed E-state index contributed by atoms with van der Waals surface area (Å²) in [6, 6.07) is 14.0. The molecule has 10 heteroatoms. The van der Waals surface area contributed by atoms with Crippen LogP contribution in [0.2, 0.25) is 5.02 Å². The van der Waals surface area contributed by atoms with Crippen molar-refractivity contribution < 1.29 is 28.5 Å². The molecule has 188 valence electrons. The lowest BCUT2D eigenvalue weighted by Crippen LogP contribution is -2.26. The molecule has 0 spiro atoms. The van der Waals surface area contributed by atoms with Crippen LogP contribution >= 0.6 is 11.6 Å². The van der Waals surface area contributed by atoms with Gasteiger partial charge in [-0.05, 0) is 44.5 Å². The molecule has 2 aromatic carbocycles. The number of rotatable bonds is 9. The van der Waals surface area contributed by atoms with Gasteiger partial charge in [-0.1, -0.05) is 29.8 Å². The average molecular weight is 512 g/mol. The fourth-order valence-corrected chi connectivity index (χ4v) is 3.94. The van der Waals surface area contributed by atoms with E-state index in [1.165, 1.54) is 6.07 Å². The van der Waals surface area contributed by atoms with Gasteiger partial charge in [-0.15, -0.1) is 0 Å². The van der Waals surface area contributed by atoms with Gasteiger partial charge in [0, 0.05) is 16.8 Å². The summed E-state index contributed by atoms with van der Waals surface area (Å²) in [4.78, 5) is 25.2. The van der Waals surface area contributed by atoms with Gasteiger partial charge in [-0.2, -0.15) is 5.26 Å². The number of nitriles is 1. The highest BCUT2D eigenvalue weighted by molar-refractivity contribution is 6.31. The Labute approximate surface area is 214 Å². The number of ether oxygens (including phenoxy) is 4. The van der Waals surface area contributed by atoms with Gasteiger partial charge in [-0.25, -0.2) is 4.79 Å². The largest absolute Gasteiger partial charge is 0.490 e. The summed E-state index contributed by atoms with van der Waals surface area (Å²) in [7, 11) is 0. The quantitative estimate of drug-likeness (QED) is 0.473. The fraction of sp³-hybridized carbons (Fsp3) is 0.269. The van der Waals surface area contributed by atoms with Gasteiger partial charge < -0.3 is 30.0 Å². The molecular formula is C26H26ClN3O6. The third-order valence-corrected chi connectivity index (χ3v) is 5.52. The highest BCUT2D eigenvalue weighted by Crippen LogP contribution is 2.45. The van der Waals surface area contributed by atoms with E-state index in [0.29, 0.717) is 11.3 Å². The Morgan fingerprint density at radius 3 is 2.47 bits per heavy atom. The molecule has 1 amide bonds. The summed E-state index contributed by atoms with van der Waals surface area (Å²) >= 11 is 6.62. The second-order valence-corrected chi connectivity index (χ2v) is 7.98. The number of hydrogen-bond donors (Lipinski definition) is 2. The smallest absolute Gasteiger partial charge is 0.338 e. The zero-order valence-electron chi connectivity index (χ0n) is 20.1. The SMILES string of the molecule is CCOC(=O)C1=C(C)OC(N)=C(C#N)C1c1cc(OCC)c(OCC(=O)Nc2ccccc2)cc1Cl. The maximum Gasteiger partial charge on any atom is 0.338 e. The van der Waals surface area contributed by atoms with E-state index in [1.54, 1.807) is 51.1 Å². The van der Waals surface area contributed by atoms with E-state index in [-0.39, 0.29) is 65.0 Å². The Hall–Kier alpha value is -4.16. The van der Waals surface area contributed by atoms with Crippen LogP contribution in [0.15, 0.2) is 65.3 Å². The predicted octanol–water partition coefficient (Wildman–Crippen LogP) is 4.40. The number of halogens is 1. The molecule has 0 saturated heterocycles. The van der Waals surface area contributed by atoms with Crippen LogP contribution in [0, 0.1) is 11.3 Å². The summed E-state index contributed by atoms with van der Waals surface area (Å²) in [5.74, 6) is -1.44. The molecule has 3 N–H and O–H groups in total. The summed E-state index contributed by atoms with van der Waals surface area (Å²) in [5.41, 5.74) is 7.07. The summed E-state index contributed by atoms with van der Waals surface area (Å²) in [6.45, 7) is 5.11. The van der Waals surface area contributed by atoms with Gasteiger partial charge in [0.05, 0.1) is 24.7 Å². The maximum absolute atomic E-state index is 12.8. The molecule has 0 fully saturated rings. The van der Waals surface area contributed by atoms with Crippen LogP contribution in [0.3, 0.4) is 0 Å². The third kappa shape index (κ3) is 5.90. The number of esters is 1. The molecule has 0 radical (unpaired) electrons. The minimum atomic E-state index is -0.954. The minimum Gasteiger partial charge on any atom is -0.490 e. The van der Waals surface area contributed by atoms with Gasteiger partial charge >= 0.3 is 5.97 Å². The van der Waals surface area contributed by atoms with Crippen LogP contribution in [0.25, 0.3) is 0 Å². The molecule has 0 aromatic heterocycles. The first kappa shape index (κ1) is 26.4. The molecule has 0 saturated carbocycles. The van der Waals surface area contributed by atoms with Crippen LogP contribution in [0.4, 0.5) is 5.69 Å². The second-order valence-electron chi connectivity index (χ2n) is 7.57. The third-order valence-electron chi connectivity index (χ3n) is 5.19. The number of para-hydroxylation sites is 1. The number of carbonyl (C=O) groups is 2. The van der Waals surface area contributed by atoms with Crippen LogP contribution in [-0.4, -0.2) is 31.7 Å². The van der Waals surface area contributed by atoms with Gasteiger partial charge in [0.15, 0.2) is 18.1 Å². The van der Waals surface area contributed by atoms with Gasteiger partial charge in [0.2, 0.25) is 5.88 Å². The summed E-state index contributed by atoms with van der Waals surface area (Å²) < 4.78 is 22.1. The number of nitrogens with one attached hydrogen (secondary N) is 1. The predicted molar refractivity (Wildman–Crippen MR) is 133 cm³/mol. The number of allylic oxidation sites excluding steroid dienone is 2. The molecule has 0 aliphatic carbocycles. The average Bonchev–Trinajstić information content (AvgIpc) is 2.84. The lowest BCUT2D eigenvalue weighted by molar-refractivity contribution is -0.139. The van der Waals surface area contributed by atoms with Crippen molar-refractivity contribution in [1.29, 1.82) is 5.26 Å². The molecule has 1 atom stereocenters. The highest BCUT2D eigenvalue weighted by Gasteiger charge is 2.38. The van der Waals surface area contributed by atoms with Crippen molar-refractivity contribution in [3.05, 3.63) is 75.8 Å². The lowest BCUT2D eigenvalue weighted by atomic mass is 9.83. The normalized spacial score (nSPS) is 15.0. The fourth-order valence-electron chi connectivity index (χ4n) is 3.68. The van der Waals surface area contributed by atoms with E-state index >= 15 is 0 Å². The Morgan fingerprint density at radius 2 is 1.83 bits per heavy atom. The number of carbonyl (C=O) groups excluding carboxylic acids is 2. The van der Waals surface area contributed by atoms with E-state index in [2.05, 4.69) is 5.32 Å². The van der Waals surface area contributed by atoms with E-state index in [4.69, 9.17) is 36.3 Å². The highest BCUT2D eigenvalue weighted by atomic mass is 35.5. The molecule has 1 aliphatic rings. The zero-order valence-corrected chi connectivity index (χ0v) is 20.8. The molecule has 1 unspecified atom stereocenters. The van der Waals surface area contributed by atoms with Crippen molar-refractivity contribution >= 4 is 29.2 Å². The summed E-state index contributed by atoms with van der Waals surface area (Å²) in [6.07, 6.45) is 0. The minimum absolute atomic E-state index is 0.00362. The van der Waals surface area contributed by atoms with E-state index < -0.39 is 11.9 Å². The Morgan fingerprint density at radius 1 is 1.14 bits per heavy atom. The number of nitrogens with two attached hydrogens (primary N) is 1. The Bertz CT molecular complexity index is 1250. The van der Waals surface area contributed by atoms with E-state index in [9.17, 15) is 14.9 Å². The number of amides is 1. The van der Waals surface area contributed by atoms with Crippen LogP contribution in [0.5, 0.6) is 11.5 Å². The number of nitrogens with zero attached hydrogens (tertiary/aromatic N) is 1. The van der Waals surface area contributed by atoms with Crippen molar-refractivity contribution in [2.75, 3.05) is 25.1 Å². The molecule has 3 rings (SSSR count). The van der Waals surface area contributed by atoms with Crippen molar-refractivity contribution in [3.63, 3.8) is 0 Å². The first-order valence-corrected chi connectivity index (χ1v) is 11.6. The Kier molecular flexibility index (Phi) is 8.81. The topological polar surface area (TPSA) is 133 Å². The first-order valence-electron chi connectivity index (χ1n) is 11.2. The van der Waals surface area contributed by atoms with E-state index in [0.717, 1.165) is 0 Å². The van der Waals surface area contributed by atoms with Gasteiger partial charge in [0.25, 0.3) is 5.91 Å². The second kappa shape index (κ2) is 12.0. The Balaban J connectivity index is 1.97. The molecular weight excluding hydrogens is 486 g/mol. The van der Waals surface area contributed by atoms with Crippen LogP contribution in [0.1, 0.15) is 32.3 Å². The van der Waals surface area contributed by atoms with Gasteiger partial charge in [-0.3, -0.25) is 4.79 Å². The molecule has 1 heterocycles. The number of benzene rings is 2. The van der Waals surface area contributed by atoms with Crippen molar-refractivity contribution in [1.82, 2.24) is 0 Å². The van der Waals surface area contributed by atoms with Crippen LogP contribution in [-0.2, 0) is 19.1 Å². The van der Waals surface area contributed by atoms with Crippen molar-refractivity contribution in [2.24, 2.45) is 5.73 Å². The molecule has 9 nitrogen and oxygen atoms in total. The van der Waals surface area contributed by atoms with E-state index in [1.807, 2.05) is 12.1 Å². The molecule has 2 aromatic rings. The zero-order chi connectivity index (χ0) is 26.2. The van der Waals surface area contributed by atoms with Crippen LogP contribution < -0.4 is 20.5 Å². The maximum atomic E-state index is 12.8. The van der Waals surface area contributed by atoms with Crippen molar-refractivity contribution in [3.8, 4) is 17.6 Å². The number of anilines is 1. The molecule has 0 bridgehead atoms. The standard InChI is InChI=1S/C26H26ClN3O6/c1-4-33-20-11-17(24-18(13-28)25(29)36-15(3)23(24)26(32)34-5-2)19(27)12-21(20)35-14-22(31)30-16-9-7-6-8-10-16/h6-12,24H,4-5,14,29H2,1-3H3,(H,30,31). The molecule has 1 aliphatic heterocycles. The monoisotopic (exact) mass is 511 g/mol. The van der Waals surface area contributed by atoms with Crippen molar-refractivity contribution in [2.45, 2.75) is 26.7 Å². The lowest BCUT2D eigenvalue weighted by Gasteiger charge is -2.28. The first-order chi connectivity index (χ1) is 17.3. The van der Waals surface area contributed by atoms with Gasteiger partial charge in [0.1, 0.15) is 17.4 Å².